The van der Waals surface area contributed by atoms with Gasteiger partial charge in [-0.05, 0) is 45.8 Å². The highest BCUT2D eigenvalue weighted by atomic mass is 79.9. The van der Waals surface area contributed by atoms with Crippen LogP contribution in [-0.4, -0.2) is 54.3 Å². The highest BCUT2D eigenvalue weighted by Crippen LogP contribution is 2.18. The molecule has 1 aliphatic heterocycles. The number of rotatable bonds is 5. The first-order valence-corrected chi connectivity index (χ1v) is 9.59. The molecule has 1 fully saturated rings. The average molecular weight is 434 g/mol. The molecule has 1 heterocycles. The van der Waals surface area contributed by atoms with Crippen molar-refractivity contribution in [3.8, 4) is 0 Å². The third-order valence-corrected chi connectivity index (χ3v) is 5.10. The van der Waals surface area contributed by atoms with E-state index in [9.17, 15) is 14.0 Å². The average Bonchev–Trinajstić information content (AvgIpc) is 2.66. The van der Waals surface area contributed by atoms with Gasteiger partial charge in [-0.1, -0.05) is 24.3 Å². The van der Waals surface area contributed by atoms with Crippen molar-refractivity contribution in [2.75, 3.05) is 38.0 Å². The first-order chi connectivity index (χ1) is 13.0. The first kappa shape index (κ1) is 19.5. The molecule has 3 rings (SSSR count). The van der Waals surface area contributed by atoms with Gasteiger partial charge in [-0.25, -0.2) is 4.39 Å². The summed E-state index contributed by atoms with van der Waals surface area (Å²) >= 11 is 3.14. The fourth-order valence-electron chi connectivity index (χ4n) is 3.02. The molecule has 0 atom stereocenters. The molecule has 0 bridgehead atoms. The van der Waals surface area contributed by atoms with E-state index in [1.807, 2.05) is 35.2 Å². The number of carbonyl (C=O) groups excluding carboxylic acids is 2. The van der Waals surface area contributed by atoms with Gasteiger partial charge in [0.1, 0.15) is 5.82 Å². The summed E-state index contributed by atoms with van der Waals surface area (Å²) in [6.45, 7) is 2.78. The maximum absolute atomic E-state index is 13.3. The van der Waals surface area contributed by atoms with Crippen LogP contribution in [0, 0.1) is 5.82 Å². The molecule has 1 N–H and O–H groups in total. The molecule has 0 saturated carbocycles. The monoisotopic (exact) mass is 433 g/mol. The number of para-hydroxylation sites is 1. The van der Waals surface area contributed by atoms with Crippen LogP contribution in [0.4, 0.5) is 10.1 Å². The van der Waals surface area contributed by atoms with Gasteiger partial charge in [0.25, 0.3) is 0 Å². The number of carbonyl (C=O) groups is 2. The Morgan fingerprint density at radius 3 is 2.41 bits per heavy atom. The van der Waals surface area contributed by atoms with Gasteiger partial charge in [0.2, 0.25) is 11.8 Å². The molecular formula is C20H21BrFN3O2. The Labute approximate surface area is 166 Å². The van der Waals surface area contributed by atoms with E-state index < -0.39 is 0 Å². The summed E-state index contributed by atoms with van der Waals surface area (Å²) in [5.74, 6) is -0.382. The normalized spacial score (nSPS) is 14.8. The lowest BCUT2D eigenvalue weighted by atomic mass is 10.1. The number of nitrogens with one attached hydrogen (secondary N) is 1. The molecule has 0 aromatic heterocycles. The van der Waals surface area contributed by atoms with E-state index in [-0.39, 0.29) is 24.1 Å². The SMILES string of the molecule is O=C(CN1CCN(C(=O)Cc2ccc(F)c(Br)c2)CC1)Nc1ccccc1. The van der Waals surface area contributed by atoms with Gasteiger partial charge in [0.05, 0.1) is 17.4 Å². The van der Waals surface area contributed by atoms with Crippen LogP contribution in [0.5, 0.6) is 0 Å². The molecule has 27 heavy (non-hydrogen) atoms. The van der Waals surface area contributed by atoms with Crippen LogP contribution in [0.1, 0.15) is 5.56 Å². The molecular weight excluding hydrogens is 413 g/mol. The molecule has 0 unspecified atom stereocenters. The molecule has 0 aliphatic carbocycles. The van der Waals surface area contributed by atoms with Crippen molar-refractivity contribution < 1.29 is 14.0 Å². The second kappa shape index (κ2) is 9.10. The molecule has 7 heteroatoms. The van der Waals surface area contributed by atoms with E-state index in [0.29, 0.717) is 37.2 Å². The van der Waals surface area contributed by atoms with Gasteiger partial charge in [0, 0.05) is 31.9 Å². The van der Waals surface area contributed by atoms with E-state index in [0.717, 1.165) is 11.3 Å². The molecule has 1 saturated heterocycles. The third kappa shape index (κ3) is 5.61. The number of nitrogens with zero attached hydrogens (tertiary/aromatic N) is 2. The Kier molecular flexibility index (Phi) is 6.58. The summed E-state index contributed by atoms with van der Waals surface area (Å²) in [6, 6.07) is 14.0. The van der Waals surface area contributed by atoms with Gasteiger partial charge < -0.3 is 10.2 Å². The van der Waals surface area contributed by atoms with Crippen molar-refractivity contribution in [3.63, 3.8) is 0 Å². The van der Waals surface area contributed by atoms with Crippen molar-refractivity contribution >= 4 is 33.4 Å². The zero-order chi connectivity index (χ0) is 19.2. The smallest absolute Gasteiger partial charge is 0.238 e. The molecule has 0 spiro atoms. The number of amides is 2. The zero-order valence-corrected chi connectivity index (χ0v) is 16.4. The van der Waals surface area contributed by atoms with E-state index in [1.54, 1.807) is 17.0 Å². The number of hydrogen-bond donors (Lipinski definition) is 1. The van der Waals surface area contributed by atoms with E-state index in [2.05, 4.69) is 21.2 Å². The van der Waals surface area contributed by atoms with Gasteiger partial charge in [-0.15, -0.1) is 0 Å². The molecule has 142 valence electrons. The van der Waals surface area contributed by atoms with Gasteiger partial charge in [-0.3, -0.25) is 14.5 Å². The Hall–Kier alpha value is -2.25. The summed E-state index contributed by atoms with van der Waals surface area (Å²) in [4.78, 5) is 28.4. The topological polar surface area (TPSA) is 52.7 Å². The lowest BCUT2D eigenvalue weighted by Gasteiger charge is -2.34. The van der Waals surface area contributed by atoms with Gasteiger partial charge >= 0.3 is 0 Å². The van der Waals surface area contributed by atoms with Crippen LogP contribution in [0.2, 0.25) is 0 Å². The van der Waals surface area contributed by atoms with Crippen LogP contribution in [0.15, 0.2) is 53.0 Å². The maximum Gasteiger partial charge on any atom is 0.238 e. The first-order valence-electron chi connectivity index (χ1n) is 8.80. The van der Waals surface area contributed by atoms with Crippen LogP contribution >= 0.6 is 15.9 Å². The molecule has 5 nitrogen and oxygen atoms in total. The number of halogens is 2. The summed E-state index contributed by atoms with van der Waals surface area (Å²) in [5, 5.41) is 2.87. The van der Waals surface area contributed by atoms with Crippen LogP contribution in [0.25, 0.3) is 0 Å². The number of anilines is 1. The summed E-state index contributed by atoms with van der Waals surface area (Å²) in [7, 11) is 0. The predicted octanol–water partition coefficient (Wildman–Crippen LogP) is 2.91. The van der Waals surface area contributed by atoms with E-state index in [1.165, 1.54) is 6.07 Å². The minimum atomic E-state index is -0.339. The van der Waals surface area contributed by atoms with Crippen molar-refractivity contribution in [1.29, 1.82) is 0 Å². The third-order valence-electron chi connectivity index (χ3n) is 4.49. The second-order valence-corrected chi connectivity index (χ2v) is 7.35. The lowest BCUT2D eigenvalue weighted by molar-refractivity contribution is -0.132. The quantitative estimate of drug-likeness (QED) is 0.788. The highest BCUT2D eigenvalue weighted by molar-refractivity contribution is 9.10. The molecule has 0 radical (unpaired) electrons. The fourth-order valence-corrected chi connectivity index (χ4v) is 3.44. The van der Waals surface area contributed by atoms with Crippen LogP contribution in [0.3, 0.4) is 0 Å². The summed E-state index contributed by atoms with van der Waals surface area (Å²) in [5.41, 5.74) is 1.56. The van der Waals surface area contributed by atoms with Crippen molar-refractivity contribution in [2.45, 2.75) is 6.42 Å². The Balaban J connectivity index is 1.44. The minimum Gasteiger partial charge on any atom is -0.340 e. The minimum absolute atomic E-state index is 0.0156. The molecule has 2 aromatic carbocycles. The fraction of sp³-hybridized carbons (Fsp3) is 0.300. The standard InChI is InChI=1S/C20H21BrFN3O2/c21-17-12-15(6-7-18(17)22)13-20(27)25-10-8-24(9-11-25)14-19(26)23-16-4-2-1-3-5-16/h1-7,12H,8-11,13-14H2,(H,23,26). The number of hydrogen-bond acceptors (Lipinski definition) is 3. The van der Waals surface area contributed by atoms with Crippen molar-refractivity contribution in [1.82, 2.24) is 9.80 Å². The maximum atomic E-state index is 13.3. The number of benzene rings is 2. The van der Waals surface area contributed by atoms with E-state index >= 15 is 0 Å². The largest absolute Gasteiger partial charge is 0.340 e. The Bertz CT molecular complexity index is 808. The zero-order valence-electron chi connectivity index (χ0n) is 14.8. The number of piperazine rings is 1. The second-order valence-electron chi connectivity index (χ2n) is 6.50. The van der Waals surface area contributed by atoms with Crippen LogP contribution < -0.4 is 5.32 Å². The van der Waals surface area contributed by atoms with E-state index in [4.69, 9.17) is 0 Å². The van der Waals surface area contributed by atoms with Crippen LogP contribution in [-0.2, 0) is 16.0 Å². The van der Waals surface area contributed by atoms with Gasteiger partial charge in [-0.2, -0.15) is 0 Å². The Morgan fingerprint density at radius 2 is 1.74 bits per heavy atom. The van der Waals surface area contributed by atoms with Crippen molar-refractivity contribution in [3.05, 3.63) is 64.4 Å². The predicted molar refractivity (Wildman–Crippen MR) is 106 cm³/mol. The van der Waals surface area contributed by atoms with Crippen molar-refractivity contribution in [2.24, 2.45) is 0 Å². The lowest BCUT2D eigenvalue weighted by Crippen LogP contribution is -2.50. The summed E-state index contributed by atoms with van der Waals surface area (Å²) < 4.78 is 13.7. The molecule has 2 amide bonds. The van der Waals surface area contributed by atoms with Gasteiger partial charge in [0.15, 0.2) is 0 Å². The summed E-state index contributed by atoms with van der Waals surface area (Å²) in [6.07, 6.45) is 0.243. The highest BCUT2D eigenvalue weighted by Gasteiger charge is 2.22. The molecule has 1 aliphatic rings. The Morgan fingerprint density at radius 1 is 1.04 bits per heavy atom. The molecule has 2 aromatic rings.